The summed E-state index contributed by atoms with van der Waals surface area (Å²) in [5.74, 6) is 0.0370. The molecule has 0 aromatic heterocycles. The number of nitrogens with two attached hydrogens (primary N) is 1. The summed E-state index contributed by atoms with van der Waals surface area (Å²) in [6, 6.07) is 27.0. The minimum Gasteiger partial charge on any atom is -0.489 e. The SMILES string of the molecule is N#CC1=C(N)Oc2cc(OC(=O)COc3cccc(Cl)c3)ccc2C1c1cccc(OCc2ccc(F)cc2)c1. The number of carbonyl (C=O) groups excluding carboxylic acids is 1. The molecule has 1 heterocycles. The van der Waals surface area contributed by atoms with Crippen molar-refractivity contribution in [3.05, 3.63) is 130 Å². The number of carbonyl (C=O) groups is 1. The second-order valence-corrected chi connectivity index (χ2v) is 9.27. The number of hydrogen-bond donors (Lipinski definition) is 1. The summed E-state index contributed by atoms with van der Waals surface area (Å²) in [7, 11) is 0. The van der Waals surface area contributed by atoms with Gasteiger partial charge in [-0.15, -0.1) is 0 Å². The van der Waals surface area contributed by atoms with Gasteiger partial charge in [-0.1, -0.05) is 48.0 Å². The third-order valence-electron chi connectivity index (χ3n) is 6.09. The second kappa shape index (κ2) is 11.8. The van der Waals surface area contributed by atoms with Crippen LogP contribution in [0.5, 0.6) is 23.0 Å². The van der Waals surface area contributed by atoms with Crippen LogP contribution in [0.25, 0.3) is 0 Å². The molecule has 2 N–H and O–H groups in total. The number of fused-ring (bicyclic) bond motifs is 1. The van der Waals surface area contributed by atoms with E-state index in [-0.39, 0.29) is 36.2 Å². The Morgan fingerprint density at radius 3 is 2.45 bits per heavy atom. The Labute approximate surface area is 234 Å². The fourth-order valence-electron chi connectivity index (χ4n) is 4.23. The number of ether oxygens (including phenoxy) is 4. The van der Waals surface area contributed by atoms with E-state index in [1.165, 1.54) is 18.2 Å². The van der Waals surface area contributed by atoms with Gasteiger partial charge < -0.3 is 24.7 Å². The van der Waals surface area contributed by atoms with E-state index in [4.69, 9.17) is 36.3 Å². The molecule has 1 aliphatic rings. The summed E-state index contributed by atoms with van der Waals surface area (Å²) < 4.78 is 35.7. The van der Waals surface area contributed by atoms with Gasteiger partial charge in [-0.3, -0.25) is 0 Å². The van der Waals surface area contributed by atoms with Crippen molar-refractivity contribution in [1.82, 2.24) is 0 Å². The van der Waals surface area contributed by atoms with Crippen molar-refractivity contribution in [3.8, 4) is 29.1 Å². The first-order chi connectivity index (χ1) is 19.4. The minimum absolute atomic E-state index is 0.0506. The lowest BCUT2D eigenvalue weighted by Gasteiger charge is -2.27. The Morgan fingerprint density at radius 1 is 0.950 bits per heavy atom. The number of esters is 1. The molecule has 0 saturated carbocycles. The molecule has 5 rings (SSSR count). The molecule has 0 fully saturated rings. The number of nitriles is 1. The zero-order valence-corrected chi connectivity index (χ0v) is 21.7. The molecule has 0 radical (unpaired) electrons. The van der Waals surface area contributed by atoms with E-state index in [1.807, 2.05) is 18.2 Å². The molecule has 40 heavy (non-hydrogen) atoms. The van der Waals surface area contributed by atoms with Gasteiger partial charge in [0.25, 0.3) is 0 Å². The van der Waals surface area contributed by atoms with Crippen molar-refractivity contribution in [2.75, 3.05) is 6.61 Å². The number of rotatable bonds is 8. The molecular weight excluding hydrogens is 535 g/mol. The van der Waals surface area contributed by atoms with E-state index in [9.17, 15) is 14.4 Å². The van der Waals surface area contributed by atoms with Crippen molar-refractivity contribution in [2.24, 2.45) is 5.73 Å². The lowest BCUT2D eigenvalue weighted by molar-refractivity contribution is -0.136. The van der Waals surface area contributed by atoms with Crippen LogP contribution in [0.2, 0.25) is 5.02 Å². The Balaban J connectivity index is 1.33. The molecule has 9 heteroatoms. The fraction of sp³-hybridized carbons (Fsp3) is 0.0968. The van der Waals surface area contributed by atoms with Gasteiger partial charge in [0.05, 0.1) is 5.92 Å². The van der Waals surface area contributed by atoms with Crippen LogP contribution in [0.4, 0.5) is 4.39 Å². The topological polar surface area (TPSA) is 104 Å². The van der Waals surface area contributed by atoms with Crippen LogP contribution in [0.15, 0.2) is 102 Å². The summed E-state index contributed by atoms with van der Waals surface area (Å²) in [6.45, 7) is -0.0841. The minimum atomic E-state index is -0.625. The van der Waals surface area contributed by atoms with Gasteiger partial charge in [0.1, 0.15) is 47.1 Å². The van der Waals surface area contributed by atoms with E-state index < -0.39 is 11.9 Å². The van der Waals surface area contributed by atoms with Crippen molar-refractivity contribution >= 4 is 17.6 Å². The van der Waals surface area contributed by atoms with Gasteiger partial charge in [0, 0.05) is 16.7 Å². The maximum Gasteiger partial charge on any atom is 0.349 e. The molecule has 7 nitrogen and oxygen atoms in total. The summed E-state index contributed by atoms with van der Waals surface area (Å²) in [4.78, 5) is 12.4. The predicted molar refractivity (Wildman–Crippen MR) is 145 cm³/mol. The van der Waals surface area contributed by atoms with E-state index in [0.717, 1.165) is 11.1 Å². The molecule has 200 valence electrons. The Morgan fingerprint density at radius 2 is 1.70 bits per heavy atom. The number of hydrogen-bond acceptors (Lipinski definition) is 7. The highest BCUT2D eigenvalue weighted by Gasteiger charge is 2.31. The average molecular weight is 557 g/mol. The van der Waals surface area contributed by atoms with E-state index in [0.29, 0.717) is 27.8 Å². The number of halogens is 2. The van der Waals surface area contributed by atoms with Crippen LogP contribution in [0, 0.1) is 17.1 Å². The van der Waals surface area contributed by atoms with Crippen LogP contribution in [0.3, 0.4) is 0 Å². The highest BCUT2D eigenvalue weighted by Crippen LogP contribution is 2.44. The highest BCUT2D eigenvalue weighted by atomic mass is 35.5. The third-order valence-corrected chi connectivity index (χ3v) is 6.32. The van der Waals surface area contributed by atoms with Crippen LogP contribution < -0.4 is 24.7 Å². The monoisotopic (exact) mass is 556 g/mol. The average Bonchev–Trinajstić information content (AvgIpc) is 2.95. The Hall–Kier alpha value is -5.00. The maximum absolute atomic E-state index is 13.2. The van der Waals surface area contributed by atoms with Crippen LogP contribution >= 0.6 is 11.6 Å². The molecule has 1 atom stereocenters. The molecule has 0 aliphatic carbocycles. The second-order valence-electron chi connectivity index (χ2n) is 8.83. The number of nitrogens with zero attached hydrogens (tertiary/aromatic N) is 1. The molecule has 0 saturated heterocycles. The molecule has 1 unspecified atom stereocenters. The molecular formula is C31H22ClFN2O5. The largest absolute Gasteiger partial charge is 0.489 e. The van der Waals surface area contributed by atoms with Gasteiger partial charge in [-0.05, 0) is 59.7 Å². The van der Waals surface area contributed by atoms with Crippen molar-refractivity contribution in [3.63, 3.8) is 0 Å². The Kier molecular flexibility index (Phi) is 7.85. The zero-order valence-electron chi connectivity index (χ0n) is 21.0. The molecule has 4 aromatic rings. The van der Waals surface area contributed by atoms with Gasteiger partial charge in [0.2, 0.25) is 5.88 Å². The molecule has 4 aromatic carbocycles. The number of allylic oxidation sites excluding steroid dienone is 1. The van der Waals surface area contributed by atoms with Crippen molar-refractivity contribution in [2.45, 2.75) is 12.5 Å². The highest BCUT2D eigenvalue weighted by molar-refractivity contribution is 6.30. The summed E-state index contributed by atoms with van der Waals surface area (Å²) >= 11 is 5.94. The molecule has 1 aliphatic heterocycles. The quantitative estimate of drug-likeness (QED) is 0.202. The van der Waals surface area contributed by atoms with E-state index in [2.05, 4.69) is 6.07 Å². The first-order valence-electron chi connectivity index (χ1n) is 12.2. The van der Waals surface area contributed by atoms with Crippen LogP contribution in [0.1, 0.15) is 22.6 Å². The first kappa shape index (κ1) is 26.6. The Bertz CT molecular complexity index is 1630. The van der Waals surface area contributed by atoms with Crippen molar-refractivity contribution in [1.29, 1.82) is 5.26 Å². The smallest absolute Gasteiger partial charge is 0.349 e. The van der Waals surface area contributed by atoms with Crippen LogP contribution in [-0.4, -0.2) is 12.6 Å². The standard InChI is InChI=1S/C31H22ClFN2O5/c32-21-4-2-6-24(14-21)38-18-29(36)39-25-11-12-26-28(15-25)40-31(35)27(16-34)30(26)20-3-1-5-23(13-20)37-17-19-7-9-22(33)10-8-19/h1-15,30H,17-18,35H2. The van der Waals surface area contributed by atoms with E-state index >= 15 is 0 Å². The fourth-order valence-corrected chi connectivity index (χ4v) is 4.41. The summed E-state index contributed by atoms with van der Waals surface area (Å²) in [5, 5.41) is 10.4. The van der Waals surface area contributed by atoms with E-state index in [1.54, 1.807) is 54.6 Å². The van der Waals surface area contributed by atoms with Crippen molar-refractivity contribution < 1.29 is 28.1 Å². The molecule has 0 amide bonds. The van der Waals surface area contributed by atoms with Gasteiger partial charge in [0.15, 0.2) is 6.61 Å². The lowest BCUT2D eigenvalue weighted by atomic mass is 9.83. The zero-order chi connectivity index (χ0) is 28.1. The normalized spacial score (nSPS) is 14.0. The summed E-state index contributed by atoms with van der Waals surface area (Å²) in [5.41, 5.74) is 8.59. The number of benzene rings is 4. The van der Waals surface area contributed by atoms with Crippen LogP contribution in [-0.2, 0) is 11.4 Å². The third kappa shape index (κ3) is 6.17. The molecule has 0 spiro atoms. The van der Waals surface area contributed by atoms with Gasteiger partial charge >= 0.3 is 5.97 Å². The first-order valence-corrected chi connectivity index (χ1v) is 12.5. The maximum atomic E-state index is 13.2. The summed E-state index contributed by atoms with van der Waals surface area (Å²) in [6.07, 6.45) is 0. The molecule has 0 bridgehead atoms. The van der Waals surface area contributed by atoms with Gasteiger partial charge in [-0.25, -0.2) is 9.18 Å². The van der Waals surface area contributed by atoms with Gasteiger partial charge in [-0.2, -0.15) is 5.26 Å². The lowest BCUT2D eigenvalue weighted by Crippen LogP contribution is -2.21. The predicted octanol–water partition coefficient (Wildman–Crippen LogP) is 6.26.